The summed E-state index contributed by atoms with van der Waals surface area (Å²) in [6.07, 6.45) is 5.29. The molecule has 0 aromatic heterocycles. The zero-order valence-corrected chi connectivity index (χ0v) is 21.8. The predicted molar refractivity (Wildman–Crippen MR) is 140 cm³/mol. The fourth-order valence-electron chi connectivity index (χ4n) is 3.68. The Morgan fingerprint density at radius 1 is 0.686 bits per heavy atom. The second kappa shape index (κ2) is 23.1. The summed E-state index contributed by atoms with van der Waals surface area (Å²) in [6, 6.07) is 0. The average molecular weight is 512 g/mol. The molecule has 0 atom stereocenters. The van der Waals surface area contributed by atoms with Crippen molar-refractivity contribution in [1.82, 2.24) is 20.4 Å². The number of hydrogen-bond donors (Lipinski definition) is 3. The summed E-state index contributed by atoms with van der Waals surface area (Å²) in [7, 11) is 0. The Kier molecular flexibility index (Phi) is 20.9. The molecule has 2 heterocycles. The van der Waals surface area contributed by atoms with Gasteiger partial charge >= 0.3 is 0 Å². The number of carbonyl (C=O) groups excluding carboxylic acids is 2. The lowest BCUT2D eigenvalue weighted by Gasteiger charge is -2.14. The van der Waals surface area contributed by atoms with Crippen molar-refractivity contribution in [1.29, 1.82) is 0 Å². The quantitative estimate of drug-likeness (QED) is 0.204. The number of amides is 2. The number of ether oxygens (including phenoxy) is 4. The molecule has 0 unspecified atom stereocenters. The van der Waals surface area contributed by atoms with Gasteiger partial charge in [-0.25, -0.2) is 0 Å². The van der Waals surface area contributed by atoms with Crippen molar-refractivity contribution < 1.29 is 31.4 Å². The van der Waals surface area contributed by atoms with Crippen LogP contribution in [-0.2, 0) is 28.5 Å². The van der Waals surface area contributed by atoms with Gasteiger partial charge in [0.05, 0.1) is 59.4 Å². The predicted octanol–water partition coefficient (Wildman–Crippen LogP) is -0.0662. The zero-order valence-electron chi connectivity index (χ0n) is 21.8. The summed E-state index contributed by atoms with van der Waals surface area (Å²) < 4.78 is 21.5. The van der Waals surface area contributed by atoms with Crippen molar-refractivity contribution in [2.45, 2.75) is 32.6 Å². The van der Waals surface area contributed by atoms with E-state index >= 15 is 0 Å². The highest BCUT2D eigenvalue weighted by molar-refractivity contribution is 5.77. The minimum Gasteiger partial charge on any atom is -0.378 e. The van der Waals surface area contributed by atoms with Gasteiger partial charge in [-0.3, -0.25) is 9.59 Å². The van der Waals surface area contributed by atoms with Crippen LogP contribution in [0.3, 0.4) is 0 Å². The fraction of sp³-hybridized carbons (Fsp3) is 0.917. The van der Waals surface area contributed by atoms with Gasteiger partial charge in [-0.2, -0.15) is 0 Å². The Bertz CT molecular complexity index is 528. The Balaban J connectivity index is 0. The third-order valence-electron chi connectivity index (χ3n) is 5.62. The molecule has 4 N–H and O–H groups in total. The average Bonchev–Trinajstić information content (AvgIpc) is 3.56. The number of nitrogens with zero attached hydrogens (tertiary/aromatic N) is 2. The van der Waals surface area contributed by atoms with Crippen LogP contribution in [0.15, 0.2) is 0 Å². The lowest BCUT2D eigenvalue weighted by Crippen LogP contribution is -2.33. The van der Waals surface area contributed by atoms with Crippen LogP contribution in [0.5, 0.6) is 0 Å². The first kappa shape index (κ1) is 31.7. The minimum absolute atomic E-state index is 0. The van der Waals surface area contributed by atoms with Crippen LogP contribution in [0.4, 0.5) is 0 Å². The van der Waals surface area contributed by atoms with Gasteiger partial charge in [0, 0.05) is 36.0 Å². The maximum absolute atomic E-state index is 10.8. The van der Waals surface area contributed by atoms with Crippen LogP contribution in [0.25, 0.3) is 0 Å². The third kappa shape index (κ3) is 20.5. The summed E-state index contributed by atoms with van der Waals surface area (Å²) in [5, 5.41) is 5.31. The van der Waals surface area contributed by atoms with E-state index in [1.165, 1.54) is 58.8 Å². The molecule has 35 heavy (non-hydrogen) atoms. The van der Waals surface area contributed by atoms with E-state index in [0.29, 0.717) is 52.7 Å². The van der Waals surface area contributed by atoms with Crippen molar-refractivity contribution in [2.24, 2.45) is 5.73 Å². The first-order valence-electron chi connectivity index (χ1n) is 13.1. The molecule has 2 rings (SSSR count). The number of rotatable bonds is 19. The molecule has 2 saturated heterocycles. The minimum atomic E-state index is -0.152. The largest absolute Gasteiger partial charge is 0.378 e. The van der Waals surface area contributed by atoms with Crippen molar-refractivity contribution >= 4 is 11.8 Å². The molecule has 0 aromatic carbocycles. The molecule has 11 heteroatoms. The fourth-order valence-corrected chi connectivity index (χ4v) is 3.68. The van der Waals surface area contributed by atoms with Crippen LogP contribution in [-0.4, -0.2) is 133 Å². The Labute approximate surface area is 214 Å². The van der Waals surface area contributed by atoms with E-state index in [2.05, 4.69) is 20.4 Å². The van der Waals surface area contributed by atoms with E-state index in [-0.39, 0.29) is 21.2 Å². The lowest BCUT2D eigenvalue weighted by atomic mass is 10.4. The molecule has 0 saturated carbocycles. The topological polar surface area (TPSA) is 128 Å². The first-order chi connectivity index (χ1) is 17.1. The molecule has 2 aliphatic heterocycles. The highest BCUT2D eigenvalue weighted by Gasteiger charge is 2.11. The van der Waals surface area contributed by atoms with Crippen LogP contribution in [0.1, 0.15) is 35.5 Å². The highest BCUT2D eigenvalue weighted by atomic mass is 16.5. The molecular weight excluding hydrogens is 454 g/mol. The molecule has 2 amide bonds. The Morgan fingerprint density at radius 2 is 1.09 bits per heavy atom. The van der Waals surface area contributed by atoms with E-state index in [4.69, 9.17) is 24.7 Å². The Hall–Kier alpha value is -1.34. The monoisotopic (exact) mass is 511 g/mol. The van der Waals surface area contributed by atoms with Crippen LogP contribution in [0, 0.1) is 0 Å². The molecule has 0 aromatic rings. The van der Waals surface area contributed by atoms with Gasteiger partial charge in [-0.1, -0.05) is 0 Å². The van der Waals surface area contributed by atoms with Gasteiger partial charge in [0.15, 0.2) is 0 Å². The van der Waals surface area contributed by atoms with Gasteiger partial charge in [0.25, 0.3) is 0 Å². The summed E-state index contributed by atoms with van der Waals surface area (Å²) in [6.45, 7) is 14.5. The molecule has 210 valence electrons. The first-order valence-corrected chi connectivity index (χ1v) is 13.1. The number of hydrogen-bond acceptors (Lipinski definition) is 9. The molecule has 0 bridgehead atoms. The van der Waals surface area contributed by atoms with E-state index in [1.807, 2.05) is 0 Å². The standard InChI is InChI=1S/C12H25N3O3.C12H24N2O3.2H2/c13-11-12(16)14-3-7-17-9-10-18-8-6-15-4-1-2-5-15;1-12(15)13-4-8-16-10-11-17-9-7-14-5-2-3-6-14;;/h1-11,13H2,(H,14,16);2-11H2,1H3,(H,13,15);2*1H/i;;2*1+2. The second-order valence-electron chi connectivity index (χ2n) is 8.58. The molecule has 0 spiro atoms. The van der Waals surface area contributed by atoms with Gasteiger partial charge in [0.2, 0.25) is 11.8 Å². The normalized spacial score (nSPS) is 16.2. The molecule has 0 aliphatic carbocycles. The summed E-state index contributed by atoms with van der Waals surface area (Å²) >= 11 is 0. The van der Waals surface area contributed by atoms with Gasteiger partial charge < -0.3 is 45.1 Å². The van der Waals surface area contributed by atoms with Gasteiger partial charge in [-0.05, 0) is 51.9 Å². The van der Waals surface area contributed by atoms with E-state index < -0.39 is 0 Å². The number of carbonyl (C=O) groups is 2. The van der Waals surface area contributed by atoms with E-state index in [9.17, 15) is 9.59 Å². The smallest absolute Gasteiger partial charge is 0.233 e. The number of nitrogens with one attached hydrogen (secondary N) is 2. The SMILES string of the molecule is CC(=O)NCCOCCOCCN1CCCC1.NCC(=O)NCCOCCOCCN1CCCC1.[3HH].[3HH]. The number of likely N-dealkylation sites (tertiary alicyclic amines) is 2. The maximum Gasteiger partial charge on any atom is 0.233 e. The van der Waals surface area contributed by atoms with Gasteiger partial charge in [-0.15, -0.1) is 0 Å². The summed E-state index contributed by atoms with van der Waals surface area (Å²) in [5.41, 5.74) is 5.14. The van der Waals surface area contributed by atoms with Crippen molar-refractivity contribution in [3.8, 4) is 0 Å². The summed E-state index contributed by atoms with van der Waals surface area (Å²) in [5.74, 6) is -0.170. The van der Waals surface area contributed by atoms with Crippen LogP contribution >= 0.6 is 0 Å². The van der Waals surface area contributed by atoms with Crippen LogP contribution in [0.2, 0.25) is 0 Å². The molecular formula is C24H53N5O6. The van der Waals surface area contributed by atoms with Gasteiger partial charge in [0.1, 0.15) is 0 Å². The third-order valence-corrected chi connectivity index (χ3v) is 5.62. The Morgan fingerprint density at radius 3 is 1.49 bits per heavy atom. The van der Waals surface area contributed by atoms with E-state index in [1.54, 1.807) is 0 Å². The molecule has 2 fully saturated rings. The molecule has 11 nitrogen and oxygen atoms in total. The zero-order chi connectivity index (χ0) is 25.4. The maximum atomic E-state index is 10.8. The second-order valence-corrected chi connectivity index (χ2v) is 8.58. The van der Waals surface area contributed by atoms with E-state index in [0.717, 1.165) is 26.3 Å². The van der Waals surface area contributed by atoms with Crippen molar-refractivity contribution in [2.75, 3.05) is 112 Å². The number of nitrogens with two attached hydrogens (primary N) is 1. The van der Waals surface area contributed by atoms with Crippen molar-refractivity contribution in [3.05, 3.63) is 0 Å². The van der Waals surface area contributed by atoms with Crippen LogP contribution < -0.4 is 16.4 Å². The lowest BCUT2D eigenvalue weighted by molar-refractivity contribution is -0.120. The van der Waals surface area contributed by atoms with Crippen molar-refractivity contribution in [3.63, 3.8) is 0 Å². The summed E-state index contributed by atoms with van der Waals surface area (Å²) in [4.78, 5) is 26.2. The molecule has 0 radical (unpaired) electrons. The molecule has 2 aliphatic rings. The highest BCUT2D eigenvalue weighted by Crippen LogP contribution is 2.06.